The number of rotatable bonds is 5. The van der Waals surface area contributed by atoms with Crippen molar-refractivity contribution in [2.45, 2.75) is 6.54 Å². The lowest BCUT2D eigenvalue weighted by atomic mass is 10.2. The van der Waals surface area contributed by atoms with Crippen LogP contribution in [0.1, 0.15) is 16.2 Å². The largest absolute Gasteiger partial charge is 0.397 e. The number of hydrogen-bond acceptors (Lipinski definition) is 5. The summed E-state index contributed by atoms with van der Waals surface area (Å²) in [5.41, 5.74) is 6.72. The standard InChI is InChI=1S/C13H16ClN5O/c1-18(2)5-6-19-12(10(14)8-17-19)13(20)11-4-3-9(15)7-16-11/h3-4,7-8H,5-6,15H2,1-2H3. The van der Waals surface area contributed by atoms with Gasteiger partial charge in [0, 0.05) is 6.54 Å². The maximum Gasteiger partial charge on any atom is 0.230 e. The summed E-state index contributed by atoms with van der Waals surface area (Å²) in [7, 11) is 3.91. The second-order valence-corrected chi connectivity index (χ2v) is 5.08. The van der Waals surface area contributed by atoms with E-state index < -0.39 is 0 Å². The Bertz CT molecular complexity index is 606. The van der Waals surface area contributed by atoms with Crippen LogP contribution in [0.5, 0.6) is 0 Å². The first-order chi connectivity index (χ1) is 9.49. The Labute approximate surface area is 122 Å². The van der Waals surface area contributed by atoms with Crippen molar-refractivity contribution in [3.63, 3.8) is 0 Å². The number of likely N-dealkylation sites (N-methyl/N-ethyl adjacent to an activating group) is 1. The van der Waals surface area contributed by atoms with Gasteiger partial charge in [-0.25, -0.2) is 0 Å². The molecule has 0 saturated carbocycles. The van der Waals surface area contributed by atoms with E-state index in [1.54, 1.807) is 16.8 Å². The molecule has 2 N–H and O–H groups in total. The van der Waals surface area contributed by atoms with Crippen LogP contribution in [0, 0.1) is 0 Å². The molecule has 20 heavy (non-hydrogen) atoms. The Balaban J connectivity index is 2.29. The number of aromatic nitrogens is 3. The van der Waals surface area contributed by atoms with Crippen molar-refractivity contribution in [2.24, 2.45) is 0 Å². The molecular weight excluding hydrogens is 278 g/mol. The molecule has 0 radical (unpaired) electrons. The molecule has 0 aliphatic rings. The highest BCUT2D eigenvalue weighted by Gasteiger charge is 2.20. The van der Waals surface area contributed by atoms with Gasteiger partial charge in [0.05, 0.1) is 29.6 Å². The number of nitrogens with two attached hydrogens (primary N) is 1. The van der Waals surface area contributed by atoms with Gasteiger partial charge in [-0.1, -0.05) is 11.6 Å². The summed E-state index contributed by atoms with van der Waals surface area (Å²) >= 11 is 6.07. The third-order valence-electron chi connectivity index (χ3n) is 2.79. The summed E-state index contributed by atoms with van der Waals surface area (Å²) in [6, 6.07) is 3.21. The Hall–Kier alpha value is -1.92. The van der Waals surface area contributed by atoms with Gasteiger partial charge in [0.15, 0.2) is 0 Å². The lowest BCUT2D eigenvalue weighted by Crippen LogP contribution is -2.22. The summed E-state index contributed by atoms with van der Waals surface area (Å²) in [5.74, 6) is -0.258. The maximum absolute atomic E-state index is 12.4. The zero-order valence-corrected chi connectivity index (χ0v) is 12.1. The van der Waals surface area contributed by atoms with Gasteiger partial charge >= 0.3 is 0 Å². The van der Waals surface area contributed by atoms with Gasteiger partial charge < -0.3 is 10.6 Å². The topological polar surface area (TPSA) is 77.0 Å². The molecule has 0 aliphatic carbocycles. The molecule has 7 heteroatoms. The van der Waals surface area contributed by atoms with Crippen LogP contribution in [-0.4, -0.2) is 46.1 Å². The van der Waals surface area contributed by atoms with Gasteiger partial charge in [0.2, 0.25) is 5.78 Å². The monoisotopic (exact) mass is 293 g/mol. The number of carbonyl (C=O) groups is 1. The third kappa shape index (κ3) is 3.15. The van der Waals surface area contributed by atoms with Gasteiger partial charge in [0.1, 0.15) is 11.4 Å². The summed E-state index contributed by atoms with van der Waals surface area (Å²) in [6.45, 7) is 1.34. The third-order valence-corrected chi connectivity index (χ3v) is 3.06. The molecule has 106 valence electrons. The minimum atomic E-state index is -0.258. The van der Waals surface area contributed by atoms with E-state index in [9.17, 15) is 4.79 Å². The SMILES string of the molecule is CN(C)CCn1ncc(Cl)c1C(=O)c1ccc(N)cn1. The van der Waals surface area contributed by atoms with E-state index in [0.717, 1.165) is 6.54 Å². The maximum atomic E-state index is 12.4. The molecule has 0 aromatic carbocycles. The first-order valence-corrected chi connectivity index (χ1v) is 6.49. The number of ketones is 1. The van der Waals surface area contributed by atoms with E-state index in [2.05, 4.69) is 10.1 Å². The van der Waals surface area contributed by atoms with E-state index in [1.165, 1.54) is 12.4 Å². The quantitative estimate of drug-likeness (QED) is 0.841. The summed E-state index contributed by atoms with van der Waals surface area (Å²) < 4.78 is 1.60. The van der Waals surface area contributed by atoms with Crippen LogP contribution >= 0.6 is 11.6 Å². The highest BCUT2D eigenvalue weighted by atomic mass is 35.5. The summed E-state index contributed by atoms with van der Waals surface area (Å²) in [6.07, 6.45) is 2.92. The molecule has 0 fully saturated rings. The fourth-order valence-electron chi connectivity index (χ4n) is 1.71. The normalized spacial score (nSPS) is 11.0. The van der Waals surface area contributed by atoms with E-state index in [0.29, 0.717) is 28.6 Å². The molecule has 2 rings (SSSR count). The summed E-state index contributed by atoms with van der Waals surface area (Å²) in [4.78, 5) is 18.5. The van der Waals surface area contributed by atoms with Crippen LogP contribution < -0.4 is 5.73 Å². The average Bonchev–Trinajstić information content (AvgIpc) is 2.77. The molecule has 0 bridgehead atoms. The fourth-order valence-corrected chi connectivity index (χ4v) is 1.94. The molecule has 2 heterocycles. The van der Waals surface area contributed by atoms with Crippen LogP contribution in [0.2, 0.25) is 5.02 Å². The molecule has 0 spiro atoms. The van der Waals surface area contributed by atoms with E-state index in [-0.39, 0.29) is 5.78 Å². The van der Waals surface area contributed by atoms with E-state index in [4.69, 9.17) is 17.3 Å². The van der Waals surface area contributed by atoms with Crippen LogP contribution in [0.4, 0.5) is 5.69 Å². The molecule has 0 atom stereocenters. The van der Waals surface area contributed by atoms with Crippen molar-refractivity contribution in [1.29, 1.82) is 0 Å². The lowest BCUT2D eigenvalue weighted by Gasteiger charge is -2.11. The number of carbonyl (C=O) groups excluding carboxylic acids is 1. The van der Waals surface area contributed by atoms with E-state index >= 15 is 0 Å². The molecule has 0 saturated heterocycles. The van der Waals surface area contributed by atoms with Crippen molar-refractivity contribution >= 4 is 23.1 Å². The van der Waals surface area contributed by atoms with Gasteiger partial charge in [-0.15, -0.1) is 0 Å². The smallest absolute Gasteiger partial charge is 0.230 e. The predicted octanol–water partition coefficient (Wildman–Crippen LogP) is 1.31. The Morgan fingerprint density at radius 3 is 2.75 bits per heavy atom. The van der Waals surface area contributed by atoms with Crippen molar-refractivity contribution in [3.05, 3.63) is 40.9 Å². The fraction of sp³-hybridized carbons (Fsp3) is 0.308. The van der Waals surface area contributed by atoms with Crippen molar-refractivity contribution in [2.75, 3.05) is 26.4 Å². The van der Waals surface area contributed by atoms with Gasteiger partial charge in [-0.05, 0) is 26.2 Å². The van der Waals surface area contributed by atoms with Crippen LogP contribution in [0.15, 0.2) is 24.5 Å². The number of halogens is 1. The first-order valence-electron chi connectivity index (χ1n) is 6.11. The Morgan fingerprint density at radius 2 is 2.15 bits per heavy atom. The number of anilines is 1. The second-order valence-electron chi connectivity index (χ2n) is 4.67. The molecule has 0 aliphatic heterocycles. The summed E-state index contributed by atoms with van der Waals surface area (Å²) in [5, 5.41) is 4.46. The predicted molar refractivity (Wildman–Crippen MR) is 77.9 cm³/mol. The zero-order valence-electron chi connectivity index (χ0n) is 11.4. The minimum absolute atomic E-state index is 0.258. The molecular formula is C13H16ClN5O. The van der Waals surface area contributed by atoms with E-state index in [1.807, 2.05) is 19.0 Å². The van der Waals surface area contributed by atoms with Crippen LogP contribution in [0.25, 0.3) is 0 Å². The Kier molecular flexibility index (Phi) is 4.36. The zero-order chi connectivity index (χ0) is 14.7. The number of nitrogens with zero attached hydrogens (tertiary/aromatic N) is 4. The van der Waals surface area contributed by atoms with Gasteiger partial charge in [-0.3, -0.25) is 14.5 Å². The highest BCUT2D eigenvalue weighted by Crippen LogP contribution is 2.18. The van der Waals surface area contributed by atoms with Crippen molar-refractivity contribution < 1.29 is 4.79 Å². The molecule has 2 aromatic rings. The molecule has 6 nitrogen and oxygen atoms in total. The average molecular weight is 294 g/mol. The number of hydrogen-bond donors (Lipinski definition) is 1. The molecule has 2 aromatic heterocycles. The first kappa shape index (κ1) is 14.5. The highest BCUT2D eigenvalue weighted by molar-refractivity contribution is 6.34. The lowest BCUT2D eigenvalue weighted by molar-refractivity contribution is 0.102. The van der Waals surface area contributed by atoms with Crippen molar-refractivity contribution in [3.8, 4) is 0 Å². The number of nitrogen functional groups attached to an aromatic ring is 1. The Morgan fingerprint density at radius 1 is 1.40 bits per heavy atom. The minimum Gasteiger partial charge on any atom is -0.397 e. The molecule has 0 unspecified atom stereocenters. The van der Waals surface area contributed by atoms with Crippen molar-refractivity contribution in [1.82, 2.24) is 19.7 Å². The molecule has 0 amide bonds. The number of pyridine rings is 1. The van der Waals surface area contributed by atoms with Crippen LogP contribution in [-0.2, 0) is 6.54 Å². The second kappa shape index (κ2) is 6.02. The van der Waals surface area contributed by atoms with Gasteiger partial charge in [0.25, 0.3) is 0 Å². The van der Waals surface area contributed by atoms with Gasteiger partial charge in [-0.2, -0.15) is 5.10 Å². The van der Waals surface area contributed by atoms with Crippen LogP contribution in [0.3, 0.4) is 0 Å².